The van der Waals surface area contributed by atoms with Crippen molar-refractivity contribution in [1.29, 1.82) is 0 Å². The summed E-state index contributed by atoms with van der Waals surface area (Å²) in [7, 11) is 0. The van der Waals surface area contributed by atoms with Crippen molar-refractivity contribution >= 4 is 15.9 Å². The van der Waals surface area contributed by atoms with E-state index in [-0.39, 0.29) is 0 Å². The van der Waals surface area contributed by atoms with Crippen molar-refractivity contribution in [3.63, 3.8) is 0 Å². The molecule has 3 aromatic rings. The molecule has 0 aliphatic carbocycles. The van der Waals surface area contributed by atoms with Crippen molar-refractivity contribution in [2.45, 2.75) is 26.7 Å². The second kappa shape index (κ2) is 7.67. The minimum atomic E-state index is 0.932. The maximum absolute atomic E-state index is 6.44. The summed E-state index contributed by atoms with van der Waals surface area (Å²) in [4.78, 5) is 0. The van der Waals surface area contributed by atoms with Gasteiger partial charge in [-0.2, -0.15) is 0 Å². The van der Waals surface area contributed by atoms with Crippen LogP contribution in [0.15, 0.2) is 71.2 Å². The van der Waals surface area contributed by atoms with Crippen molar-refractivity contribution < 1.29 is 4.74 Å². The summed E-state index contributed by atoms with van der Waals surface area (Å²) in [5.74, 6) is 1.89. The number of aryl methyl sites for hydroxylation is 2. The Morgan fingerprint density at radius 3 is 2.08 bits per heavy atom. The molecule has 0 saturated carbocycles. The fourth-order valence-corrected chi connectivity index (χ4v) is 3.38. The van der Waals surface area contributed by atoms with Crippen LogP contribution in [-0.4, -0.2) is 0 Å². The molecule has 0 radical (unpaired) electrons. The standard InChI is InChI=1S/C22H21BrO/c1-3-16-10-5-8-15-21(16)24-22-17(4-2)11-9-13-19(22)18-12-6-7-14-20(18)23/h5-15H,3-4H2,1-2H3. The van der Waals surface area contributed by atoms with E-state index in [0.717, 1.165) is 39.9 Å². The summed E-state index contributed by atoms with van der Waals surface area (Å²) < 4.78 is 7.52. The minimum Gasteiger partial charge on any atom is -0.456 e. The Hall–Kier alpha value is -2.06. The van der Waals surface area contributed by atoms with Crippen LogP contribution in [0.3, 0.4) is 0 Å². The molecule has 0 bridgehead atoms. The van der Waals surface area contributed by atoms with Gasteiger partial charge in [0.25, 0.3) is 0 Å². The molecule has 24 heavy (non-hydrogen) atoms. The molecule has 122 valence electrons. The number of hydrogen-bond acceptors (Lipinski definition) is 1. The first-order chi connectivity index (χ1) is 11.7. The van der Waals surface area contributed by atoms with Crippen molar-refractivity contribution in [3.05, 3.63) is 82.3 Å². The highest BCUT2D eigenvalue weighted by Crippen LogP contribution is 2.40. The molecule has 3 rings (SSSR count). The number of para-hydroxylation sites is 2. The Morgan fingerprint density at radius 2 is 1.33 bits per heavy atom. The summed E-state index contributed by atoms with van der Waals surface area (Å²) in [6.07, 6.45) is 1.89. The number of hydrogen-bond donors (Lipinski definition) is 0. The van der Waals surface area contributed by atoms with Crippen molar-refractivity contribution in [1.82, 2.24) is 0 Å². The molecule has 0 unspecified atom stereocenters. The van der Waals surface area contributed by atoms with E-state index in [1.165, 1.54) is 11.1 Å². The lowest BCUT2D eigenvalue weighted by atomic mass is 10.00. The molecule has 0 fully saturated rings. The van der Waals surface area contributed by atoms with Gasteiger partial charge in [0.2, 0.25) is 0 Å². The third kappa shape index (κ3) is 3.39. The summed E-state index contributed by atoms with van der Waals surface area (Å²) in [5.41, 5.74) is 4.71. The van der Waals surface area contributed by atoms with Crippen molar-refractivity contribution in [2.75, 3.05) is 0 Å². The van der Waals surface area contributed by atoms with Crippen molar-refractivity contribution in [2.24, 2.45) is 0 Å². The lowest BCUT2D eigenvalue weighted by Gasteiger charge is -2.18. The van der Waals surface area contributed by atoms with Crippen LogP contribution in [0.25, 0.3) is 11.1 Å². The van der Waals surface area contributed by atoms with Gasteiger partial charge in [-0.05, 0) is 41.7 Å². The van der Waals surface area contributed by atoms with Gasteiger partial charge in [0.05, 0.1) is 0 Å². The van der Waals surface area contributed by atoms with Crippen LogP contribution >= 0.6 is 15.9 Å². The maximum Gasteiger partial charge on any atom is 0.138 e. The van der Waals surface area contributed by atoms with E-state index >= 15 is 0 Å². The molecule has 1 nitrogen and oxygen atoms in total. The lowest BCUT2D eigenvalue weighted by Crippen LogP contribution is -1.96. The predicted octanol–water partition coefficient (Wildman–Crippen LogP) is 7.03. The highest BCUT2D eigenvalue weighted by Gasteiger charge is 2.14. The van der Waals surface area contributed by atoms with Crippen LogP contribution in [0.4, 0.5) is 0 Å². The average molecular weight is 381 g/mol. The summed E-state index contributed by atoms with van der Waals surface area (Å²) in [5, 5.41) is 0. The Kier molecular flexibility index (Phi) is 5.37. The first-order valence-electron chi connectivity index (χ1n) is 8.37. The predicted molar refractivity (Wildman–Crippen MR) is 105 cm³/mol. The van der Waals surface area contributed by atoms with Crippen LogP contribution < -0.4 is 4.74 Å². The van der Waals surface area contributed by atoms with Gasteiger partial charge in [-0.3, -0.25) is 0 Å². The monoisotopic (exact) mass is 380 g/mol. The molecule has 0 atom stereocenters. The third-order valence-corrected chi connectivity index (χ3v) is 4.90. The zero-order chi connectivity index (χ0) is 16.9. The molecule has 0 amide bonds. The molecule has 3 aromatic carbocycles. The van der Waals surface area contributed by atoms with Crippen LogP contribution in [0.2, 0.25) is 0 Å². The fourth-order valence-electron chi connectivity index (χ4n) is 2.88. The van der Waals surface area contributed by atoms with Gasteiger partial charge in [0.1, 0.15) is 11.5 Å². The Labute approximate surface area is 152 Å². The minimum absolute atomic E-state index is 0.932. The zero-order valence-electron chi connectivity index (χ0n) is 14.1. The SMILES string of the molecule is CCc1ccccc1Oc1c(CC)cccc1-c1ccccc1Br. The molecule has 0 heterocycles. The van der Waals surface area contributed by atoms with Gasteiger partial charge < -0.3 is 4.74 Å². The van der Waals surface area contributed by atoms with Gasteiger partial charge in [-0.15, -0.1) is 0 Å². The van der Waals surface area contributed by atoms with E-state index in [4.69, 9.17) is 4.74 Å². The average Bonchev–Trinajstić information content (AvgIpc) is 2.63. The summed E-state index contributed by atoms with van der Waals surface area (Å²) >= 11 is 3.67. The highest BCUT2D eigenvalue weighted by molar-refractivity contribution is 9.10. The third-order valence-electron chi connectivity index (χ3n) is 4.21. The zero-order valence-corrected chi connectivity index (χ0v) is 15.6. The Bertz CT molecular complexity index is 839. The maximum atomic E-state index is 6.44. The van der Waals surface area contributed by atoms with Crippen LogP contribution in [0.1, 0.15) is 25.0 Å². The number of ether oxygens (including phenoxy) is 1. The number of rotatable bonds is 5. The Morgan fingerprint density at radius 1 is 0.708 bits per heavy atom. The first-order valence-corrected chi connectivity index (χ1v) is 9.16. The highest BCUT2D eigenvalue weighted by atomic mass is 79.9. The van der Waals surface area contributed by atoms with E-state index in [1.54, 1.807) is 0 Å². The molecule has 0 aliphatic rings. The smallest absolute Gasteiger partial charge is 0.138 e. The molecular formula is C22H21BrO. The molecule has 0 aliphatic heterocycles. The molecule has 0 aromatic heterocycles. The largest absolute Gasteiger partial charge is 0.456 e. The van der Waals surface area contributed by atoms with Crippen molar-refractivity contribution in [3.8, 4) is 22.6 Å². The lowest BCUT2D eigenvalue weighted by molar-refractivity contribution is 0.473. The van der Waals surface area contributed by atoms with E-state index in [1.807, 2.05) is 12.1 Å². The quantitative estimate of drug-likeness (QED) is 0.461. The summed E-state index contributed by atoms with van der Waals surface area (Å²) in [6, 6.07) is 22.9. The molecular weight excluding hydrogens is 360 g/mol. The van der Waals surface area contributed by atoms with Gasteiger partial charge in [-0.25, -0.2) is 0 Å². The Balaban J connectivity index is 2.14. The van der Waals surface area contributed by atoms with E-state index in [9.17, 15) is 0 Å². The topological polar surface area (TPSA) is 9.23 Å². The van der Waals surface area contributed by atoms with E-state index in [0.29, 0.717) is 0 Å². The second-order valence-electron chi connectivity index (χ2n) is 5.69. The van der Waals surface area contributed by atoms with Gasteiger partial charge >= 0.3 is 0 Å². The van der Waals surface area contributed by atoms with E-state index < -0.39 is 0 Å². The molecule has 2 heteroatoms. The molecule has 0 N–H and O–H groups in total. The number of halogens is 1. The second-order valence-corrected chi connectivity index (χ2v) is 6.54. The van der Waals surface area contributed by atoms with Crippen LogP contribution in [0, 0.1) is 0 Å². The normalized spacial score (nSPS) is 10.6. The van der Waals surface area contributed by atoms with Crippen LogP contribution in [-0.2, 0) is 12.8 Å². The van der Waals surface area contributed by atoms with Gasteiger partial charge in [-0.1, -0.05) is 84.4 Å². The fraction of sp³-hybridized carbons (Fsp3) is 0.182. The van der Waals surface area contributed by atoms with Gasteiger partial charge in [0.15, 0.2) is 0 Å². The molecule has 0 spiro atoms. The first kappa shape index (κ1) is 16.8. The summed E-state index contributed by atoms with van der Waals surface area (Å²) in [6.45, 7) is 4.32. The molecule has 0 saturated heterocycles. The van der Waals surface area contributed by atoms with Gasteiger partial charge in [0, 0.05) is 10.0 Å². The van der Waals surface area contributed by atoms with E-state index in [2.05, 4.69) is 84.4 Å². The number of benzene rings is 3. The van der Waals surface area contributed by atoms with Crippen LogP contribution in [0.5, 0.6) is 11.5 Å².